The monoisotopic (exact) mass is 534 g/mol. The van der Waals surface area contributed by atoms with Gasteiger partial charge in [0, 0.05) is 24.9 Å². The first-order valence-electron chi connectivity index (χ1n) is 12.1. The predicted octanol–water partition coefficient (Wildman–Crippen LogP) is 4.23. The van der Waals surface area contributed by atoms with Crippen LogP contribution in [0.25, 0.3) is 17.0 Å². The molecular weight excluding hydrogens is 504 g/mol. The fourth-order valence-electron chi connectivity index (χ4n) is 4.73. The van der Waals surface area contributed by atoms with E-state index in [0.717, 1.165) is 16.5 Å². The first-order chi connectivity index (χ1) is 18.2. The van der Waals surface area contributed by atoms with Crippen molar-refractivity contribution in [2.75, 3.05) is 27.3 Å². The highest BCUT2D eigenvalue weighted by atomic mass is 32.2. The normalized spacial score (nSPS) is 17.0. The van der Waals surface area contributed by atoms with Crippen molar-refractivity contribution in [2.45, 2.75) is 24.7 Å². The Labute approximate surface area is 222 Å². The van der Waals surface area contributed by atoms with Crippen molar-refractivity contribution in [3.63, 3.8) is 0 Å². The highest BCUT2D eigenvalue weighted by molar-refractivity contribution is 7.90. The predicted molar refractivity (Wildman–Crippen MR) is 146 cm³/mol. The summed E-state index contributed by atoms with van der Waals surface area (Å²) in [5.41, 5.74) is 3.03. The lowest BCUT2D eigenvalue weighted by Gasteiger charge is -2.27. The molecule has 1 aliphatic rings. The molecule has 0 saturated carbocycles. The molecule has 0 saturated heterocycles. The SMILES string of the molecule is C=CCN1CCc2c(n(S(=O)(=O)c3ccc(C)cc3)c3ccccc23)/C=C/C/C(C(=O)OC)=C\1C(=O)OC. The molecule has 0 amide bonds. The molecule has 1 aromatic heterocycles. The Balaban J connectivity index is 1.98. The molecule has 38 heavy (non-hydrogen) atoms. The Hall–Kier alpha value is -4.11. The van der Waals surface area contributed by atoms with E-state index in [2.05, 4.69) is 6.58 Å². The third-order valence-corrected chi connectivity index (χ3v) is 8.27. The second-order valence-electron chi connectivity index (χ2n) is 8.86. The lowest BCUT2D eigenvalue weighted by Crippen LogP contribution is -2.33. The van der Waals surface area contributed by atoms with E-state index < -0.39 is 22.0 Å². The second kappa shape index (κ2) is 11.1. The van der Waals surface area contributed by atoms with Crippen molar-refractivity contribution in [3.05, 3.63) is 95.4 Å². The third-order valence-electron chi connectivity index (χ3n) is 6.53. The highest BCUT2D eigenvalue weighted by Crippen LogP contribution is 2.33. The Morgan fingerprint density at radius 1 is 1.03 bits per heavy atom. The number of hydrogen-bond acceptors (Lipinski definition) is 7. The van der Waals surface area contributed by atoms with Gasteiger partial charge in [-0.15, -0.1) is 6.58 Å². The standard InChI is InChI=1S/C29H30N2O6S/c1-5-18-30-19-17-23-22-9-6-7-11-25(22)31(38(34,35)21-15-13-20(2)14-16-21)26(23)12-8-10-24(28(32)36-3)27(30)29(33)37-4/h5-9,11-16H,1,10,17-19H2,2-4H3/b12-8+,27-24+. The molecule has 8 nitrogen and oxygen atoms in total. The van der Waals surface area contributed by atoms with Crippen molar-refractivity contribution in [1.29, 1.82) is 0 Å². The summed E-state index contributed by atoms with van der Waals surface area (Å²) >= 11 is 0. The molecule has 9 heteroatoms. The Bertz CT molecular complexity index is 1560. The van der Waals surface area contributed by atoms with Crippen LogP contribution >= 0.6 is 0 Å². The summed E-state index contributed by atoms with van der Waals surface area (Å²) in [5.74, 6) is -1.33. The van der Waals surface area contributed by atoms with Gasteiger partial charge in [-0.1, -0.05) is 48.0 Å². The number of rotatable bonds is 6. The van der Waals surface area contributed by atoms with Crippen LogP contribution in [-0.4, -0.2) is 56.5 Å². The summed E-state index contributed by atoms with van der Waals surface area (Å²) in [5, 5.41) is 0.791. The first kappa shape index (κ1) is 26.9. The number of benzene rings is 2. The molecule has 0 bridgehead atoms. The fourth-order valence-corrected chi connectivity index (χ4v) is 6.27. The van der Waals surface area contributed by atoms with Crippen LogP contribution in [0.4, 0.5) is 0 Å². The van der Waals surface area contributed by atoms with E-state index in [9.17, 15) is 18.0 Å². The molecule has 0 N–H and O–H groups in total. The molecule has 4 rings (SSSR count). The van der Waals surface area contributed by atoms with Gasteiger partial charge >= 0.3 is 11.9 Å². The molecule has 0 aliphatic carbocycles. The number of aryl methyl sites for hydroxylation is 1. The van der Waals surface area contributed by atoms with Gasteiger partial charge in [0.1, 0.15) is 5.70 Å². The molecular formula is C29H30N2O6S. The zero-order chi connectivity index (χ0) is 27.4. The van der Waals surface area contributed by atoms with E-state index >= 15 is 0 Å². The maximum Gasteiger partial charge on any atom is 0.354 e. The van der Waals surface area contributed by atoms with Gasteiger partial charge in [-0.2, -0.15) is 0 Å². The van der Waals surface area contributed by atoms with Crippen LogP contribution in [0.5, 0.6) is 0 Å². The van der Waals surface area contributed by atoms with Gasteiger partial charge in [-0.3, -0.25) is 0 Å². The molecule has 1 aliphatic heterocycles. The second-order valence-corrected chi connectivity index (χ2v) is 10.7. The Morgan fingerprint density at radius 3 is 2.37 bits per heavy atom. The van der Waals surface area contributed by atoms with Crippen LogP contribution in [-0.2, 0) is 35.5 Å². The number of fused-ring (bicyclic) bond motifs is 3. The Kier molecular flexibility index (Phi) is 7.87. The van der Waals surface area contributed by atoms with Gasteiger partial charge < -0.3 is 14.4 Å². The minimum Gasteiger partial charge on any atom is -0.466 e. The number of hydrogen-bond donors (Lipinski definition) is 0. The molecule has 0 fully saturated rings. The van der Waals surface area contributed by atoms with Crippen LogP contribution in [0.15, 0.2) is 83.4 Å². The van der Waals surface area contributed by atoms with Gasteiger partial charge in [0.15, 0.2) is 0 Å². The molecule has 0 atom stereocenters. The number of carbonyl (C=O) groups excluding carboxylic acids is 2. The van der Waals surface area contributed by atoms with Gasteiger partial charge in [-0.25, -0.2) is 22.0 Å². The summed E-state index contributed by atoms with van der Waals surface area (Å²) in [4.78, 5) is 27.5. The van der Waals surface area contributed by atoms with Crippen molar-refractivity contribution in [2.24, 2.45) is 0 Å². The lowest BCUT2D eigenvalue weighted by molar-refractivity contribution is -0.140. The van der Waals surface area contributed by atoms with Gasteiger partial charge in [0.2, 0.25) is 0 Å². The molecule has 0 radical (unpaired) electrons. The van der Waals surface area contributed by atoms with E-state index in [1.807, 2.05) is 19.1 Å². The number of para-hydroxylation sites is 1. The molecule has 0 unspecified atom stereocenters. The van der Waals surface area contributed by atoms with Crippen molar-refractivity contribution < 1.29 is 27.5 Å². The average Bonchev–Trinajstić information content (AvgIpc) is 3.24. The van der Waals surface area contributed by atoms with E-state index in [4.69, 9.17) is 9.47 Å². The van der Waals surface area contributed by atoms with Crippen LogP contribution in [0.3, 0.4) is 0 Å². The summed E-state index contributed by atoms with van der Waals surface area (Å²) in [7, 11) is -1.46. The maximum absolute atomic E-state index is 14.0. The summed E-state index contributed by atoms with van der Waals surface area (Å²) in [6, 6.07) is 14.1. The van der Waals surface area contributed by atoms with Gasteiger partial charge in [-0.05, 0) is 43.2 Å². The maximum atomic E-state index is 14.0. The fraction of sp³-hybridized carbons (Fsp3) is 0.241. The van der Waals surface area contributed by atoms with Crippen LogP contribution in [0, 0.1) is 6.92 Å². The van der Waals surface area contributed by atoms with Gasteiger partial charge in [0.25, 0.3) is 10.0 Å². The molecule has 2 heterocycles. The summed E-state index contributed by atoms with van der Waals surface area (Å²) in [6.07, 6.45) is 5.41. The van der Waals surface area contributed by atoms with Crippen LogP contribution in [0.2, 0.25) is 0 Å². The zero-order valence-electron chi connectivity index (χ0n) is 21.6. The van der Waals surface area contributed by atoms with E-state index in [-0.39, 0.29) is 29.1 Å². The van der Waals surface area contributed by atoms with E-state index in [1.54, 1.807) is 59.5 Å². The van der Waals surface area contributed by atoms with Crippen LogP contribution < -0.4 is 0 Å². The topological polar surface area (TPSA) is 94.9 Å². The lowest BCUT2D eigenvalue weighted by atomic mass is 10.0. The van der Waals surface area contributed by atoms with E-state index in [1.165, 1.54) is 18.2 Å². The largest absolute Gasteiger partial charge is 0.466 e. The Morgan fingerprint density at radius 2 is 1.71 bits per heavy atom. The third kappa shape index (κ3) is 4.89. The minimum absolute atomic E-state index is 0.0241. The summed E-state index contributed by atoms with van der Waals surface area (Å²) in [6.45, 7) is 6.27. The van der Waals surface area contributed by atoms with Gasteiger partial charge in [0.05, 0.1) is 35.9 Å². The van der Waals surface area contributed by atoms with Crippen molar-refractivity contribution in [3.8, 4) is 0 Å². The molecule has 0 spiro atoms. The molecule has 198 valence electrons. The quantitative estimate of drug-likeness (QED) is 0.345. The van der Waals surface area contributed by atoms with Crippen molar-refractivity contribution >= 4 is 38.9 Å². The summed E-state index contributed by atoms with van der Waals surface area (Å²) < 4.78 is 39.3. The number of esters is 2. The van der Waals surface area contributed by atoms with Crippen molar-refractivity contribution in [1.82, 2.24) is 8.87 Å². The molecule has 3 aromatic rings. The number of methoxy groups -OCH3 is 2. The molecule has 2 aromatic carbocycles. The van der Waals surface area contributed by atoms with Crippen LogP contribution in [0.1, 0.15) is 23.2 Å². The number of ether oxygens (including phenoxy) is 2. The zero-order valence-corrected chi connectivity index (χ0v) is 22.5. The van der Waals surface area contributed by atoms with E-state index in [0.29, 0.717) is 24.2 Å². The first-order valence-corrected chi connectivity index (χ1v) is 13.5. The smallest absolute Gasteiger partial charge is 0.354 e. The minimum atomic E-state index is -3.96. The number of allylic oxidation sites excluding steroid dienone is 1. The highest BCUT2D eigenvalue weighted by Gasteiger charge is 2.30. The number of aromatic nitrogens is 1. The number of carbonyl (C=O) groups is 2. The number of nitrogens with zero attached hydrogens (tertiary/aromatic N) is 2. The average molecular weight is 535 g/mol.